The number of nitrogens with one attached hydrogen (secondary N) is 2. The second kappa shape index (κ2) is 5.62. The Hall–Kier alpha value is -2.54. The van der Waals surface area contributed by atoms with Crippen LogP contribution in [0.3, 0.4) is 0 Å². The van der Waals surface area contributed by atoms with Crippen molar-refractivity contribution in [3.05, 3.63) is 53.4 Å². The number of carbonyl (C=O) groups excluding carboxylic acids is 1. The molecule has 1 aromatic carbocycles. The summed E-state index contributed by atoms with van der Waals surface area (Å²) in [6.07, 6.45) is 1.28. The van der Waals surface area contributed by atoms with Gasteiger partial charge in [0.1, 0.15) is 17.3 Å². The van der Waals surface area contributed by atoms with Crippen molar-refractivity contribution in [1.29, 1.82) is 0 Å². The maximum atomic E-state index is 13.5. The van der Waals surface area contributed by atoms with Crippen LogP contribution >= 0.6 is 0 Å². The average Bonchev–Trinajstić information content (AvgIpc) is 2.42. The minimum Gasteiger partial charge on any atom is -0.323 e. The van der Waals surface area contributed by atoms with Gasteiger partial charge in [-0.25, -0.2) is 8.78 Å². The van der Waals surface area contributed by atoms with Crippen molar-refractivity contribution in [2.75, 3.05) is 10.7 Å². The van der Waals surface area contributed by atoms with E-state index < -0.39 is 23.2 Å². The highest BCUT2D eigenvalue weighted by Gasteiger charge is 2.16. The minimum atomic E-state index is -0.860. The lowest BCUT2D eigenvalue weighted by Gasteiger charge is -2.11. The van der Waals surface area contributed by atoms with E-state index in [1.807, 2.05) is 0 Å². The molecular weight excluding hydrogens is 266 g/mol. The monoisotopic (exact) mass is 278 g/mol. The van der Waals surface area contributed by atoms with Crippen molar-refractivity contribution in [2.24, 2.45) is 5.84 Å². The molecule has 5 nitrogen and oxygen atoms in total. The van der Waals surface area contributed by atoms with Crippen LogP contribution in [-0.4, -0.2) is 10.9 Å². The summed E-state index contributed by atoms with van der Waals surface area (Å²) in [7, 11) is 0. The van der Waals surface area contributed by atoms with Crippen LogP contribution < -0.4 is 16.6 Å². The molecule has 0 unspecified atom stereocenters. The minimum absolute atomic E-state index is 0.0840. The largest absolute Gasteiger partial charge is 0.323 e. The van der Waals surface area contributed by atoms with E-state index in [0.717, 1.165) is 12.1 Å². The lowest BCUT2D eigenvalue weighted by atomic mass is 10.2. The lowest BCUT2D eigenvalue weighted by Crippen LogP contribution is -2.19. The molecule has 2 rings (SSSR count). The first-order valence-electron chi connectivity index (χ1n) is 5.71. The van der Waals surface area contributed by atoms with E-state index in [0.29, 0.717) is 11.4 Å². The smallest absolute Gasteiger partial charge is 0.259 e. The van der Waals surface area contributed by atoms with Gasteiger partial charge in [-0.1, -0.05) is 6.07 Å². The Morgan fingerprint density at radius 1 is 1.30 bits per heavy atom. The van der Waals surface area contributed by atoms with Crippen molar-refractivity contribution in [1.82, 2.24) is 4.98 Å². The lowest BCUT2D eigenvalue weighted by molar-refractivity contribution is 0.102. The Morgan fingerprint density at radius 2 is 1.95 bits per heavy atom. The number of pyridine rings is 1. The number of nitrogens with zero attached hydrogens (tertiary/aromatic N) is 1. The summed E-state index contributed by atoms with van der Waals surface area (Å²) in [6.45, 7) is 1.72. The van der Waals surface area contributed by atoms with Gasteiger partial charge in [-0.15, -0.1) is 0 Å². The quantitative estimate of drug-likeness (QED) is 0.594. The number of benzene rings is 1. The number of nitrogens with two attached hydrogens (primary N) is 1. The highest BCUT2D eigenvalue weighted by atomic mass is 19.1. The zero-order valence-corrected chi connectivity index (χ0v) is 10.6. The van der Waals surface area contributed by atoms with Crippen LogP contribution in [0, 0.1) is 18.6 Å². The SMILES string of the molecule is Cc1cc(NN)c(C(=O)Nc2c(F)cccc2F)cn1. The van der Waals surface area contributed by atoms with E-state index in [2.05, 4.69) is 15.7 Å². The number of aryl methyl sites for hydroxylation is 1. The maximum absolute atomic E-state index is 13.5. The third-order valence-electron chi connectivity index (χ3n) is 2.64. The van der Waals surface area contributed by atoms with Crippen LogP contribution in [0.2, 0.25) is 0 Å². The zero-order chi connectivity index (χ0) is 14.7. The van der Waals surface area contributed by atoms with Crippen LogP contribution in [0.5, 0.6) is 0 Å². The Bertz CT molecular complexity index is 641. The van der Waals surface area contributed by atoms with Crippen molar-refractivity contribution in [3.8, 4) is 0 Å². The van der Waals surface area contributed by atoms with Crippen LogP contribution in [-0.2, 0) is 0 Å². The van der Waals surface area contributed by atoms with Gasteiger partial charge in [-0.3, -0.25) is 15.6 Å². The summed E-state index contributed by atoms with van der Waals surface area (Å²) in [5.74, 6) is 2.87. The Labute approximate surface area is 113 Å². The molecular formula is C13H12F2N4O. The Kier molecular flexibility index (Phi) is 3.90. The first kappa shape index (κ1) is 13.9. The number of amides is 1. The van der Waals surface area contributed by atoms with Gasteiger partial charge in [0, 0.05) is 11.9 Å². The van der Waals surface area contributed by atoms with E-state index in [-0.39, 0.29) is 5.56 Å². The molecule has 0 atom stereocenters. The molecule has 4 N–H and O–H groups in total. The van der Waals surface area contributed by atoms with Gasteiger partial charge in [0.2, 0.25) is 0 Å². The van der Waals surface area contributed by atoms with Gasteiger partial charge in [-0.2, -0.15) is 0 Å². The molecule has 7 heteroatoms. The summed E-state index contributed by atoms with van der Waals surface area (Å²) in [6, 6.07) is 4.86. The zero-order valence-electron chi connectivity index (χ0n) is 10.6. The summed E-state index contributed by atoms with van der Waals surface area (Å²) >= 11 is 0. The molecule has 104 valence electrons. The van der Waals surface area contributed by atoms with Gasteiger partial charge in [-0.05, 0) is 25.1 Å². The number of aromatic nitrogens is 1. The first-order chi connectivity index (χ1) is 9.52. The van der Waals surface area contributed by atoms with Crippen LogP contribution in [0.15, 0.2) is 30.5 Å². The molecule has 1 amide bonds. The van der Waals surface area contributed by atoms with Crippen molar-refractivity contribution in [2.45, 2.75) is 6.92 Å². The number of carbonyl (C=O) groups is 1. The second-order valence-electron chi connectivity index (χ2n) is 4.07. The van der Waals surface area contributed by atoms with Crippen molar-refractivity contribution >= 4 is 17.3 Å². The molecule has 1 heterocycles. The fourth-order valence-electron chi connectivity index (χ4n) is 1.66. The standard InChI is InChI=1S/C13H12F2N4O/c1-7-5-11(19-16)8(6-17-7)13(20)18-12-9(14)3-2-4-10(12)15/h2-6H,16H2,1H3,(H,17,19)(H,18,20). The normalized spacial score (nSPS) is 10.2. The van der Waals surface area contributed by atoms with E-state index >= 15 is 0 Å². The van der Waals surface area contributed by atoms with E-state index in [9.17, 15) is 13.6 Å². The number of anilines is 2. The number of hydrogen-bond acceptors (Lipinski definition) is 4. The molecule has 1 aromatic heterocycles. The van der Waals surface area contributed by atoms with Crippen LogP contribution in [0.1, 0.15) is 16.1 Å². The molecule has 0 aliphatic carbocycles. The predicted octanol–water partition coefficient (Wildman–Crippen LogP) is 2.21. The fourth-order valence-corrected chi connectivity index (χ4v) is 1.66. The average molecular weight is 278 g/mol. The van der Waals surface area contributed by atoms with Gasteiger partial charge in [0.05, 0.1) is 11.3 Å². The summed E-state index contributed by atoms with van der Waals surface area (Å²) in [5, 5.41) is 2.16. The number of rotatable bonds is 3. The molecule has 0 fully saturated rings. The van der Waals surface area contributed by atoms with Crippen molar-refractivity contribution in [3.63, 3.8) is 0 Å². The molecule has 0 saturated heterocycles. The number of para-hydroxylation sites is 1. The maximum Gasteiger partial charge on any atom is 0.259 e. The number of nitrogen functional groups attached to an aromatic ring is 1. The Balaban J connectivity index is 2.33. The van der Waals surface area contributed by atoms with Gasteiger partial charge in [0.15, 0.2) is 0 Å². The molecule has 2 aromatic rings. The highest BCUT2D eigenvalue weighted by Crippen LogP contribution is 2.21. The molecule has 0 bridgehead atoms. The third-order valence-corrected chi connectivity index (χ3v) is 2.64. The molecule has 0 aliphatic rings. The van der Waals surface area contributed by atoms with Gasteiger partial charge >= 0.3 is 0 Å². The number of halogens is 2. The molecule has 0 radical (unpaired) electrons. The molecule has 0 spiro atoms. The Morgan fingerprint density at radius 3 is 2.55 bits per heavy atom. The highest BCUT2D eigenvalue weighted by molar-refractivity contribution is 6.07. The number of hydrogen-bond donors (Lipinski definition) is 3. The van der Waals surface area contributed by atoms with Crippen molar-refractivity contribution < 1.29 is 13.6 Å². The van der Waals surface area contributed by atoms with E-state index in [4.69, 9.17) is 5.84 Å². The first-order valence-corrected chi connectivity index (χ1v) is 5.71. The summed E-state index contributed by atoms with van der Waals surface area (Å²) < 4.78 is 26.9. The molecule has 20 heavy (non-hydrogen) atoms. The topological polar surface area (TPSA) is 80.0 Å². The fraction of sp³-hybridized carbons (Fsp3) is 0.0769. The van der Waals surface area contributed by atoms with E-state index in [1.165, 1.54) is 12.3 Å². The predicted molar refractivity (Wildman–Crippen MR) is 71.1 cm³/mol. The molecule has 0 saturated carbocycles. The summed E-state index contributed by atoms with van der Waals surface area (Å²) in [5.41, 5.74) is 2.87. The van der Waals surface area contributed by atoms with Gasteiger partial charge < -0.3 is 10.7 Å². The summed E-state index contributed by atoms with van der Waals surface area (Å²) in [4.78, 5) is 16.0. The number of hydrazine groups is 1. The van der Waals surface area contributed by atoms with Crippen LogP contribution in [0.25, 0.3) is 0 Å². The third kappa shape index (κ3) is 2.72. The molecule has 0 aliphatic heterocycles. The van der Waals surface area contributed by atoms with E-state index in [1.54, 1.807) is 13.0 Å². The second-order valence-corrected chi connectivity index (χ2v) is 4.07. The van der Waals surface area contributed by atoms with Gasteiger partial charge in [0.25, 0.3) is 5.91 Å². The van der Waals surface area contributed by atoms with Crippen LogP contribution in [0.4, 0.5) is 20.2 Å².